The number of carbonyl (C=O) groups excluding carboxylic acids is 2. The number of amides is 2. The maximum Gasteiger partial charge on any atom is 0.410 e. The first-order valence-electron chi connectivity index (χ1n) is 10.4. The third-order valence-corrected chi connectivity index (χ3v) is 6.48. The minimum absolute atomic E-state index is 0.000675. The Morgan fingerprint density at radius 2 is 2.00 bits per heavy atom. The zero-order valence-corrected chi connectivity index (χ0v) is 16.3. The molecule has 3 fully saturated rings. The first kappa shape index (κ1) is 18.4. The number of hydrogen-bond acceptors (Lipinski definition) is 5. The van der Waals surface area contributed by atoms with E-state index in [-0.39, 0.29) is 18.1 Å². The molecule has 5 rings (SSSR count). The van der Waals surface area contributed by atoms with Gasteiger partial charge in [-0.3, -0.25) is 4.79 Å². The number of rotatable bonds is 5. The first-order valence-corrected chi connectivity index (χ1v) is 10.4. The van der Waals surface area contributed by atoms with Crippen molar-refractivity contribution < 1.29 is 19.1 Å². The van der Waals surface area contributed by atoms with Crippen LogP contribution in [0.1, 0.15) is 29.6 Å². The van der Waals surface area contributed by atoms with Crippen LogP contribution in [0.3, 0.4) is 0 Å². The van der Waals surface area contributed by atoms with Crippen LogP contribution in [-0.2, 0) is 9.47 Å². The van der Waals surface area contributed by atoms with Gasteiger partial charge in [-0.05, 0) is 36.3 Å². The third kappa shape index (κ3) is 3.81. The summed E-state index contributed by atoms with van der Waals surface area (Å²) in [4.78, 5) is 30.7. The largest absolute Gasteiger partial charge is 0.446 e. The van der Waals surface area contributed by atoms with Crippen molar-refractivity contribution in [3.8, 4) is 0 Å². The number of nitrogens with one attached hydrogen (secondary N) is 1. The molecule has 2 atom stereocenters. The van der Waals surface area contributed by atoms with Gasteiger partial charge in [0.25, 0.3) is 5.91 Å². The van der Waals surface area contributed by atoms with E-state index in [1.165, 1.54) is 0 Å². The van der Waals surface area contributed by atoms with Gasteiger partial charge >= 0.3 is 6.09 Å². The standard InChI is InChI=1S/C21H26N4O4/c26-20(14-1-2-19-22-7-8-24(19)11-14)23-6-3-16-17-12-25(13-18(16)17)21(27)29-15-4-9-28-10-5-15/h1-2,7-8,11,15-18H,3-6,9-10,12-13H2,(H,23,26). The molecule has 1 aliphatic carbocycles. The number of carbonyl (C=O) groups is 2. The Hall–Kier alpha value is -2.61. The highest BCUT2D eigenvalue weighted by molar-refractivity contribution is 5.94. The van der Waals surface area contributed by atoms with Crippen molar-refractivity contribution in [2.45, 2.75) is 25.4 Å². The van der Waals surface area contributed by atoms with Crippen molar-refractivity contribution in [2.75, 3.05) is 32.8 Å². The molecule has 3 aliphatic rings. The van der Waals surface area contributed by atoms with Crippen LogP contribution < -0.4 is 5.32 Å². The van der Waals surface area contributed by atoms with Gasteiger partial charge in [0.1, 0.15) is 11.8 Å². The summed E-state index contributed by atoms with van der Waals surface area (Å²) >= 11 is 0. The maximum atomic E-state index is 12.4. The molecule has 0 spiro atoms. The van der Waals surface area contributed by atoms with Crippen molar-refractivity contribution in [1.29, 1.82) is 0 Å². The number of nitrogens with zero attached hydrogens (tertiary/aromatic N) is 3. The number of ether oxygens (including phenoxy) is 2. The number of aromatic nitrogens is 2. The van der Waals surface area contributed by atoms with Gasteiger partial charge in [0.2, 0.25) is 0 Å². The van der Waals surface area contributed by atoms with Crippen molar-refractivity contribution in [1.82, 2.24) is 19.6 Å². The molecule has 2 aromatic rings. The Balaban J connectivity index is 1.03. The highest BCUT2D eigenvalue weighted by atomic mass is 16.6. The lowest BCUT2D eigenvalue weighted by Crippen LogP contribution is -2.36. The first-order chi connectivity index (χ1) is 14.2. The second kappa shape index (κ2) is 7.67. The molecular formula is C21H26N4O4. The zero-order chi connectivity index (χ0) is 19.8. The van der Waals surface area contributed by atoms with Crippen LogP contribution in [0, 0.1) is 17.8 Å². The van der Waals surface area contributed by atoms with Gasteiger partial charge in [0.05, 0.1) is 18.8 Å². The highest BCUT2D eigenvalue weighted by Crippen LogP contribution is 2.53. The molecule has 0 aromatic carbocycles. The van der Waals surface area contributed by atoms with E-state index in [1.807, 2.05) is 21.6 Å². The van der Waals surface area contributed by atoms with E-state index in [9.17, 15) is 9.59 Å². The van der Waals surface area contributed by atoms with Gasteiger partial charge in [0.15, 0.2) is 0 Å². The number of piperidine rings is 1. The monoisotopic (exact) mass is 398 g/mol. The molecule has 0 bridgehead atoms. The Morgan fingerprint density at radius 1 is 1.21 bits per heavy atom. The molecule has 2 aliphatic heterocycles. The summed E-state index contributed by atoms with van der Waals surface area (Å²) in [5, 5.41) is 3.01. The SMILES string of the molecule is O=C(NCCC1C2CN(C(=O)OC3CCOCC3)CC12)c1ccc2nccn2c1. The van der Waals surface area contributed by atoms with Crippen LogP contribution in [-0.4, -0.2) is 65.2 Å². The minimum Gasteiger partial charge on any atom is -0.446 e. The normalized spacial score (nSPS) is 26.3. The van der Waals surface area contributed by atoms with E-state index in [2.05, 4.69) is 10.3 Å². The molecule has 2 amide bonds. The van der Waals surface area contributed by atoms with E-state index in [1.54, 1.807) is 18.5 Å². The number of likely N-dealkylation sites (tertiary alicyclic amines) is 1. The Bertz CT molecular complexity index is 895. The highest BCUT2D eigenvalue weighted by Gasteiger charge is 2.56. The summed E-state index contributed by atoms with van der Waals surface area (Å²) in [5.41, 5.74) is 1.46. The molecule has 2 aromatic heterocycles. The topological polar surface area (TPSA) is 85.2 Å². The van der Waals surface area contributed by atoms with E-state index in [4.69, 9.17) is 9.47 Å². The molecule has 154 valence electrons. The third-order valence-electron chi connectivity index (χ3n) is 6.48. The van der Waals surface area contributed by atoms with E-state index in [0.717, 1.165) is 38.0 Å². The van der Waals surface area contributed by atoms with Crippen molar-refractivity contribution in [3.63, 3.8) is 0 Å². The fraction of sp³-hybridized carbons (Fsp3) is 0.571. The average Bonchev–Trinajstić information content (AvgIpc) is 3.11. The molecule has 0 radical (unpaired) electrons. The van der Waals surface area contributed by atoms with Crippen molar-refractivity contribution >= 4 is 17.6 Å². The minimum atomic E-state index is -0.175. The predicted molar refractivity (Wildman–Crippen MR) is 105 cm³/mol. The number of pyridine rings is 1. The smallest absolute Gasteiger partial charge is 0.410 e. The Morgan fingerprint density at radius 3 is 2.79 bits per heavy atom. The lowest BCUT2D eigenvalue weighted by Gasteiger charge is -2.26. The Labute approximate surface area is 169 Å². The molecule has 29 heavy (non-hydrogen) atoms. The molecule has 2 saturated heterocycles. The van der Waals surface area contributed by atoms with Gasteiger partial charge in [-0.15, -0.1) is 0 Å². The van der Waals surface area contributed by atoms with Crippen LogP contribution in [0.15, 0.2) is 30.7 Å². The molecule has 8 heteroatoms. The zero-order valence-electron chi connectivity index (χ0n) is 16.3. The summed E-state index contributed by atoms with van der Waals surface area (Å²) in [7, 11) is 0. The lowest BCUT2D eigenvalue weighted by atomic mass is 10.1. The number of hydrogen-bond donors (Lipinski definition) is 1. The van der Waals surface area contributed by atoms with Crippen LogP contribution in [0.25, 0.3) is 5.65 Å². The lowest BCUT2D eigenvalue weighted by molar-refractivity contribution is -0.00949. The van der Waals surface area contributed by atoms with E-state index >= 15 is 0 Å². The molecule has 4 heterocycles. The maximum absolute atomic E-state index is 12.4. The van der Waals surface area contributed by atoms with Gasteiger partial charge in [-0.1, -0.05) is 0 Å². The molecule has 2 unspecified atom stereocenters. The Kier molecular flexibility index (Phi) is 4.87. The summed E-state index contributed by atoms with van der Waals surface area (Å²) in [6, 6.07) is 3.64. The predicted octanol–water partition coefficient (Wildman–Crippen LogP) is 1.95. The summed E-state index contributed by atoms with van der Waals surface area (Å²) in [6.07, 6.45) is 7.71. The quantitative estimate of drug-likeness (QED) is 0.832. The van der Waals surface area contributed by atoms with Crippen molar-refractivity contribution in [2.24, 2.45) is 17.8 Å². The fourth-order valence-corrected chi connectivity index (χ4v) is 4.75. The molecular weight excluding hydrogens is 372 g/mol. The van der Waals surface area contributed by atoms with Crippen LogP contribution >= 0.6 is 0 Å². The van der Waals surface area contributed by atoms with Gasteiger partial charge < -0.3 is 24.1 Å². The van der Waals surface area contributed by atoms with Crippen LogP contribution in [0.4, 0.5) is 4.79 Å². The van der Waals surface area contributed by atoms with Gasteiger partial charge in [0, 0.05) is 51.1 Å². The van der Waals surface area contributed by atoms with Gasteiger partial charge in [-0.25, -0.2) is 9.78 Å². The van der Waals surface area contributed by atoms with Crippen LogP contribution in [0.2, 0.25) is 0 Å². The summed E-state index contributed by atoms with van der Waals surface area (Å²) < 4.78 is 12.8. The second-order valence-electron chi connectivity index (χ2n) is 8.25. The number of imidazole rings is 1. The summed E-state index contributed by atoms with van der Waals surface area (Å²) in [5.74, 6) is 1.64. The number of fused-ring (bicyclic) bond motifs is 2. The molecule has 8 nitrogen and oxygen atoms in total. The second-order valence-corrected chi connectivity index (χ2v) is 8.25. The summed E-state index contributed by atoms with van der Waals surface area (Å²) in [6.45, 7) is 3.57. The van der Waals surface area contributed by atoms with Crippen molar-refractivity contribution in [3.05, 3.63) is 36.3 Å². The molecule has 1 saturated carbocycles. The fourth-order valence-electron chi connectivity index (χ4n) is 4.75. The van der Waals surface area contributed by atoms with E-state index < -0.39 is 0 Å². The van der Waals surface area contributed by atoms with Crippen LogP contribution in [0.5, 0.6) is 0 Å². The molecule has 1 N–H and O–H groups in total. The van der Waals surface area contributed by atoms with E-state index in [0.29, 0.717) is 43.1 Å². The average molecular weight is 398 g/mol. The van der Waals surface area contributed by atoms with Gasteiger partial charge in [-0.2, -0.15) is 0 Å².